The van der Waals surface area contributed by atoms with E-state index in [1.807, 2.05) is 29.2 Å². The molecule has 0 radical (unpaired) electrons. The summed E-state index contributed by atoms with van der Waals surface area (Å²) in [6, 6.07) is 7.30. The van der Waals surface area contributed by atoms with Gasteiger partial charge in [-0.15, -0.1) is 0 Å². The van der Waals surface area contributed by atoms with Gasteiger partial charge in [0.15, 0.2) is 0 Å². The number of piperidine rings is 1. The molecule has 0 aliphatic carbocycles. The van der Waals surface area contributed by atoms with Crippen molar-refractivity contribution in [1.29, 1.82) is 0 Å². The number of hydrogen-bond acceptors (Lipinski definition) is 5. The van der Waals surface area contributed by atoms with Crippen molar-refractivity contribution in [3.05, 3.63) is 35.8 Å². The average Bonchev–Trinajstić information content (AvgIpc) is 3.18. The van der Waals surface area contributed by atoms with Crippen LogP contribution in [0.1, 0.15) is 41.5 Å². The Morgan fingerprint density at radius 1 is 1.29 bits per heavy atom. The Morgan fingerprint density at radius 3 is 2.68 bits per heavy atom. The van der Waals surface area contributed by atoms with Crippen molar-refractivity contribution in [2.24, 2.45) is 5.73 Å². The Balaban J connectivity index is 1.83. The standard InChI is InChI=1S/C20H26N4O4/c1-27-11-9-16(25)24-10-3-4-14(12-24)20-22-17(18(23-20)19(21)26)13-5-7-15(28-2)8-6-13/h5-8,14H,3-4,9-12H2,1-2H3,(H2,21,26)(H,22,23). The summed E-state index contributed by atoms with van der Waals surface area (Å²) in [6.07, 6.45) is 2.14. The van der Waals surface area contributed by atoms with Gasteiger partial charge >= 0.3 is 0 Å². The Bertz CT molecular complexity index is 831. The van der Waals surface area contributed by atoms with E-state index in [0.717, 1.165) is 30.7 Å². The number of primary amides is 1. The number of aromatic amines is 1. The number of rotatable bonds is 7. The molecule has 1 aromatic carbocycles. The zero-order chi connectivity index (χ0) is 20.1. The fraction of sp³-hybridized carbons (Fsp3) is 0.450. The maximum absolute atomic E-state index is 12.3. The van der Waals surface area contributed by atoms with Gasteiger partial charge in [0.2, 0.25) is 5.91 Å². The summed E-state index contributed by atoms with van der Waals surface area (Å²) in [7, 11) is 3.18. The molecule has 1 unspecified atom stereocenters. The van der Waals surface area contributed by atoms with Crippen LogP contribution in [0.4, 0.5) is 0 Å². The largest absolute Gasteiger partial charge is 0.497 e. The van der Waals surface area contributed by atoms with Crippen LogP contribution in [0, 0.1) is 0 Å². The molecular formula is C20H26N4O4. The SMILES string of the molecule is COCCC(=O)N1CCCC(c2nc(-c3ccc(OC)cc3)c(C(N)=O)[nH]2)C1. The molecule has 0 bridgehead atoms. The van der Waals surface area contributed by atoms with Crippen LogP contribution in [-0.2, 0) is 9.53 Å². The third-order valence-electron chi connectivity index (χ3n) is 5.01. The molecule has 3 rings (SSSR count). The number of likely N-dealkylation sites (tertiary alicyclic amines) is 1. The van der Waals surface area contributed by atoms with Gasteiger partial charge in [-0.3, -0.25) is 9.59 Å². The van der Waals surface area contributed by atoms with E-state index in [4.69, 9.17) is 15.2 Å². The summed E-state index contributed by atoms with van der Waals surface area (Å²) in [5, 5.41) is 0. The van der Waals surface area contributed by atoms with E-state index in [2.05, 4.69) is 9.97 Å². The van der Waals surface area contributed by atoms with Gasteiger partial charge in [-0.05, 0) is 37.1 Å². The van der Waals surface area contributed by atoms with Crippen molar-refractivity contribution in [3.8, 4) is 17.0 Å². The van der Waals surface area contributed by atoms with E-state index in [1.54, 1.807) is 14.2 Å². The molecule has 28 heavy (non-hydrogen) atoms. The fourth-order valence-corrected chi connectivity index (χ4v) is 3.50. The second kappa shape index (κ2) is 8.88. The zero-order valence-electron chi connectivity index (χ0n) is 16.2. The zero-order valence-corrected chi connectivity index (χ0v) is 16.2. The molecule has 8 nitrogen and oxygen atoms in total. The predicted octanol–water partition coefficient (Wildman–Crippen LogP) is 1.93. The number of amides is 2. The quantitative estimate of drug-likeness (QED) is 0.755. The first-order valence-corrected chi connectivity index (χ1v) is 9.34. The van der Waals surface area contributed by atoms with Crippen LogP contribution >= 0.6 is 0 Å². The van der Waals surface area contributed by atoms with E-state index < -0.39 is 5.91 Å². The minimum atomic E-state index is -0.562. The molecule has 2 amide bonds. The minimum absolute atomic E-state index is 0.0327. The number of nitrogens with zero attached hydrogens (tertiary/aromatic N) is 2. The molecule has 1 fully saturated rings. The highest BCUT2D eigenvalue weighted by molar-refractivity contribution is 5.97. The Kier molecular flexibility index (Phi) is 6.30. The van der Waals surface area contributed by atoms with E-state index in [1.165, 1.54) is 0 Å². The van der Waals surface area contributed by atoms with Crippen molar-refractivity contribution in [1.82, 2.24) is 14.9 Å². The van der Waals surface area contributed by atoms with Gasteiger partial charge < -0.3 is 25.1 Å². The molecule has 1 atom stereocenters. The second-order valence-corrected chi connectivity index (χ2v) is 6.86. The molecule has 0 saturated carbocycles. The lowest BCUT2D eigenvalue weighted by Crippen LogP contribution is -2.39. The number of carbonyl (C=O) groups excluding carboxylic acids is 2. The summed E-state index contributed by atoms with van der Waals surface area (Å²) in [4.78, 5) is 33.9. The molecule has 1 aliphatic rings. The number of benzene rings is 1. The Labute approximate surface area is 164 Å². The maximum atomic E-state index is 12.3. The third kappa shape index (κ3) is 4.33. The van der Waals surface area contributed by atoms with Crippen LogP contribution in [0.3, 0.4) is 0 Å². The molecular weight excluding hydrogens is 360 g/mol. The van der Waals surface area contributed by atoms with Crippen molar-refractivity contribution >= 4 is 11.8 Å². The highest BCUT2D eigenvalue weighted by Gasteiger charge is 2.28. The third-order valence-corrected chi connectivity index (χ3v) is 5.01. The summed E-state index contributed by atoms with van der Waals surface area (Å²) in [6.45, 7) is 1.71. The minimum Gasteiger partial charge on any atom is -0.497 e. The number of hydrogen-bond donors (Lipinski definition) is 2. The number of methoxy groups -OCH3 is 2. The van der Waals surface area contributed by atoms with E-state index in [-0.39, 0.29) is 17.5 Å². The van der Waals surface area contributed by atoms with Crippen molar-refractivity contribution < 1.29 is 19.1 Å². The van der Waals surface area contributed by atoms with Crippen LogP contribution in [0.2, 0.25) is 0 Å². The topological polar surface area (TPSA) is 111 Å². The van der Waals surface area contributed by atoms with E-state index in [9.17, 15) is 9.59 Å². The maximum Gasteiger partial charge on any atom is 0.267 e. The number of H-pyrrole nitrogens is 1. The summed E-state index contributed by atoms with van der Waals surface area (Å²) < 4.78 is 10.2. The van der Waals surface area contributed by atoms with Gasteiger partial charge in [-0.1, -0.05) is 0 Å². The van der Waals surface area contributed by atoms with E-state index in [0.29, 0.717) is 31.1 Å². The molecule has 8 heteroatoms. The highest BCUT2D eigenvalue weighted by Crippen LogP contribution is 2.30. The van der Waals surface area contributed by atoms with Gasteiger partial charge in [0.05, 0.1) is 20.1 Å². The van der Waals surface area contributed by atoms with Gasteiger partial charge in [-0.2, -0.15) is 0 Å². The van der Waals surface area contributed by atoms with Gasteiger partial charge in [0, 0.05) is 31.7 Å². The van der Waals surface area contributed by atoms with Gasteiger partial charge in [-0.25, -0.2) is 4.98 Å². The molecule has 0 spiro atoms. The van der Waals surface area contributed by atoms with Crippen LogP contribution in [-0.4, -0.2) is 60.6 Å². The second-order valence-electron chi connectivity index (χ2n) is 6.86. The molecule has 2 heterocycles. The first-order valence-electron chi connectivity index (χ1n) is 9.34. The number of ether oxygens (including phenoxy) is 2. The lowest BCUT2D eigenvalue weighted by atomic mass is 9.97. The van der Waals surface area contributed by atoms with E-state index >= 15 is 0 Å². The predicted molar refractivity (Wildman–Crippen MR) is 104 cm³/mol. The molecule has 150 valence electrons. The molecule has 2 aromatic rings. The first-order chi connectivity index (χ1) is 13.5. The van der Waals surface area contributed by atoms with Crippen molar-refractivity contribution in [2.45, 2.75) is 25.2 Å². The Hall–Kier alpha value is -2.87. The summed E-state index contributed by atoms with van der Waals surface area (Å²) in [5.41, 5.74) is 7.15. The average molecular weight is 386 g/mol. The van der Waals surface area contributed by atoms with Crippen LogP contribution in [0.15, 0.2) is 24.3 Å². The summed E-state index contributed by atoms with van der Waals surface area (Å²) in [5.74, 6) is 0.948. The highest BCUT2D eigenvalue weighted by atomic mass is 16.5. The molecule has 1 aliphatic heterocycles. The van der Waals surface area contributed by atoms with Gasteiger partial charge in [0.25, 0.3) is 5.91 Å². The fourth-order valence-electron chi connectivity index (χ4n) is 3.50. The lowest BCUT2D eigenvalue weighted by Gasteiger charge is -2.32. The smallest absolute Gasteiger partial charge is 0.267 e. The van der Waals surface area contributed by atoms with Crippen molar-refractivity contribution in [3.63, 3.8) is 0 Å². The number of aromatic nitrogens is 2. The van der Waals surface area contributed by atoms with Crippen LogP contribution in [0.5, 0.6) is 5.75 Å². The number of nitrogens with one attached hydrogen (secondary N) is 1. The lowest BCUT2D eigenvalue weighted by molar-refractivity contribution is -0.133. The molecule has 1 saturated heterocycles. The van der Waals surface area contributed by atoms with Crippen molar-refractivity contribution in [2.75, 3.05) is 33.9 Å². The first kappa shape index (κ1) is 19.9. The number of imidazole rings is 1. The van der Waals surface area contributed by atoms with Crippen LogP contribution < -0.4 is 10.5 Å². The molecule has 1 aromatic heterocycles. The normalized spacial score (nSPS) is 16.8. The molecule has 3 N–H and O–H groups in total. The summed E-state index contributed by atoms with van der Waals surface area (Å²) >= 11 is 0. The Morgan fingerprint density at radius 2 is 2.04 bits per heavy atom. The number of carbonyl (C=O) groups is 2. The monoisotopic (exact) mass is 386 g/mol. The van der Waals surface area contributed by atoms with Gasteiger partial charge in [0.1, 0.15) is 23.0 Å². The number of nitrogens with two attached hydrogens (primary N) is 1. The van der Waals surface area contributed by atoms with Crippen LogP contribution in [0.25, 0.3) is 11.3 Å².